The van der Waals surface area contributed by atoms with Gasteiger partial charge in [0.05, 0.1) is 0 Å². The quantitative estimate of drug-likeness (QED) is 0.405. The van der Waals surface area contributed by atoms with E-state index in [0.29, 0.717) is 33.2 Å². The lowest BCUT2D eigenvalue weighted by atomic mass is 9.84. The number of carbonyl (C=O) groups excluding carboxylic acids is 3. The first kappa shape index (κ1) is 19.0. The summed E-state index contributed by atoms with van der Waals surface area (Å²) in [7, 11) is 0. The summed E-state index contributed by atoms with van der Waals surface area (Å²) in [5.74, 6) is -0.304. The summed E-state index contributed by atoms with van der Waals surface area (Å²) in [6.45, 7) is 0. The van der Waals surface area contributed by atoms with E-state index in [4.69, 9.17) is 16.0 Å². The molecule has 0 radical (unpaired) electrons. The van der Waals surface area contributed by atoms with E-state index in [1.807, 2.05) is 6.07 Å². The van der Waals surface area contributed by atoms with Gasteiger partial charge in [-0.2, -0.15) is 0 Å². The van der Waals surface area contributed by atoms with Crippen LogP contribution in [0.15, 0.2) is 83.3 Å². The molecule has 0 spiro atoms. The Morgan fingerprint density at radius 1 is 0.742 bits per heavy atom. The molecule has 3 aromatic carbocycles. The van der Waals surface area contributed by atoms with Crippen molar-refractivity contribution in [3.05, 3.63) is 112 Å². The van der Waals surface area contributed by atoms with Gasteiger partial charge in [-0.15, -0.1) is 0 Å². The molecule has 5 nitrogen and oxygen atoms in total. The van der Waals surface area contributed by atoms with Crippen LogP contribution in [-0.2, 0) is 0 Å². The lowest BCUT2D eigenvalue weighted by molar-refractivity contribution is 0.0979. The molecule has 0 atom stereocenters. The Hall–Kier alpha value is -3.96. The van der Waals surface area contributed by atoms with Crippen LogP contribution in [-0.4, -0.2) is 17.5 Å². The maximum Gasteiger partial charge on any atom is 0.291 e. The molecule has 1 aliphatic carbocycles. The molecule has 0 unspecified atom stereocenters. The van der Waals surface area contributed by atoms with Crippen molar-refractivity contribution in [2.24, 2.45) is 0 Å². The molecule has 150 valence electrons. The molecule has 0 saturated carbocycles. The molecule has 6 heteroatoms. The molecule has 0 saturated heterocycles. The molecule has 31 heavy (non-hydrogen) atoms. The Kier molecular flexibility index (Phi) is 4.53. The van der Waals surface area contributed by atoms with Crippen molar-refractivity contribution in [3.8, 4) is 11.3 Å². The zero-order chi connectivity index (χ0) is 21.5. The molecule has 1 aliphatic rings. The maximum atomic E-state index is 12.9. The van der Waals surface area contributed by atoms with E-state index in [1.165, 1.54) is 6.07 Å². The minimum Gasteiger partial charge on any atom is -0.451 e. The van der Waals surface area contributed by atoms with E-state index >= 15 is 0 Å². The fraction of sp³-hybridized carbons (Fsp3) is 0. The number of amides is 1. The lowest BCUT2D eigenvalue weighted by Gasteiger charge is -2.18. The summed E-state index contributed by atoms with van der Waals surface area (Å²) in [5, 5.41) is 3.29. The van der Waals surface area contributed by atoms with Crippen molar-refractivity contribution in [1.82, 2.24) is 0 Å². The largest absolute Gasteiger partial charge is 0.451 e. The highest BCUT2D eigenvalue weighted by Crippen LogP contribution is 2.30. The fourth-order valence-corrected chi connectivity index (χ4v) is 3.82. The van der Waals surface area contributed by atoms with E-state index in [-0.39, 0.29) is 22.9 Å². The second-order valence-electron chi connectivity index (χ2n) is 7.09. The number of anilines is 1. The van der Waals surface area contributed by atoms with Crippen LogP contribution >= 0.6 is 11.6 Å². The first-order chi connectivity index (χ1) is 15.0. The van der Waals surface area contributed by atoms with Crippen LogP contribution in [0.4, 0.5) is 5.69 Å². The molecule has 5 rings (SSSR count). The van der Waals surface area contributed by atoms with Crippen LogP contribution in [0.2, 0.25) is 5.02 Å². The van der Waals surface area contributed by atoms with Gasteiger partial charge in [0.2, 0.25) is 0 Å². The van der Waals surface area contributed by atoms with Gasteiger partial charge in [-0.3, -0.25) is 14.4 Å². The zero-order valence-electron chi connectivity index (χ0n) is 16.0. The van der Waals surface area contributed by atoms with Gasteiger partial charge in [0.25, 0.3) is 5.91 Å². The zero-order valence-corrected chi connectivity index (χ0v) is 16.8. The number of benzene rings is 3. The topological polar surface area (TPSA) is 76.4 Å². The van der Waals surface area contributed by atoms with E-state index in [2.05, 4.69) is 5.32 Å². The SMILES string of the molecule is O=C(Nc1ccc2c(c1)C(=O)c1ccccc1C2=O)c1ccc(-c2cccc(Cl)c2)o1. The number of nitrogens with one attached hydrogen (secondary N) is 1. The number of hydrogen-bond donors (Lipinski definition) is 1. The van der Waals surface area contributed by atoms with Gasteiger partial charge in [0.1, 0.15) is 5.76 Å². The average Bonchev–Trinajstić information content (AvgIpc) is 3.28. The van der Waals surface area contributed by atoms with Crippen LogP contribution in [0.3, 0.4) is 0 Å². The van der Waals surface area contributed by atoms with Crippen molar-refractivity contribution in [3.63, 3.8) is 0 Å². The monoisotopic (exact) mass is 427 g/mol. The summed E-state index contributed by atoms with van der Waals surface area (Å²) < 4.78 is 5.66. The van der Waals surface area contributed by atoms with Gasteiger partial charge in [0.15, 0.2) is 17.3 Å². The first-order valence-corrected chi connectivity index (χ1v) is 9.89. The molecular formula is C25H14ClNO4. The molecule has 0 fully saturated rings. The van der Waals surface area contributed by atoms with Crippen LogP contribution in [0.5, 0.6) is 0 Å². The van der Waals surface area contributed by atoms with Crippen LogP contribution in [0.1, 0.15) is 42.4 Å². The lowest BCUT2D eigenvalue weighted by Crippen LogP contribution is -2.21. The summed E-state index contributed by atoms with van der Waals surface area (Å²) in [5.41, 5.74) is 2.48. The van der Waals surface area contributed by atoms with Gasteiger partial charge >= 0.3 is 0 Å². The molecule has 1 N–H and O–H groups in total. The van der Waals surface area contributed by atoms with Crippen LogP contribution < -0.4 is 5.32 Å². The Morgan fingerprint density at radius 2 is 1.45 bits per heavy atom. The summed E-state index contributed by atoms with van der Waals surface area (Å²) >= 11 is 6.01. The fourth-order valence-electron chi connectivity index (χ4n) is 3.63. The van der Waals surface area contributed by atoms with Gasteiger partial charge in [-0.1, -0.05) is 48.0 Å². The highest BCUT2D eigenvalue weighted by molar-refractivity contribution is 6.31. The Balaban J connectivity index is 1.41. The molecule has 1 aromatic heterocycles. The third-order valence-corrected chi connectivity index (χ3v) is 5.36. The molecule has 4 aromatic rings. The Bertz CT molecular complexity index is 1390. The second-order valence-corrected chi connectivity index (χ2v) is 7.53. The van der Waals surface area contributed by atoms with Gasteiger partial charge < -0.3 is 9.73 Å². The summed E-state index contributed by atoms with van der Waals surface area (Å²) in [6.07, 6.45) is 0. The number of halogens is 1. The van der Waals surface area contributed by atoms with Gasteiger partial charge in [0, 0.05) is 38.5 Å². The van der Waals surface area contributed by atoms with E-state index < -0.39 is 5.91 Å². The third-order valence-electron chi connectivity index (χ3n) is 5.12. The molecule has 0 bridgehead atoms. The standard InChI is InChI=1S/C25H14ClNO4/c26-15-5-3-4-14(12-15)21-10-11-22(31-21)25(30)27-16-8-9-19-20(13-16)24(29)18-7-2-1-6-17(18)23(19)28/h1-13H,(H,27,30). The van der Waals surface area contributed by atoms with E-state index in [1.54, 1.807) is 66.7 Å². The normalized spacial score (nSPS) is 12.3. The Labute approximate surface area is 182 Å². The maximum absolute atomic E-state index is 12.9. The highest BCUT2D eigenvalue weighted by Gasteiger charge is 2.29. The minimum absolute atomic E-state index is 0.112. The average molecular weight is 428 g/mol. The minimum atomic E-state index is -0.469. The van der Waals surface area contributed by atoms with Crippen molar-refractivity contribution in [2.75, 3.05) is 5.32 Å². The van der Waals surface area contributed by atoms with Crippen LogP contribution in [0, 0.1) is 0 Å². The molecule has 1 amide bonds. The van der Waals surface area contributed by atoms with E-state index in [9.17, 15) is 14.4 Å². The highest BCUT2D eigenvalue weighted by atomic mass is 35.5. The number of fused-ring (bicyclic) bond motifs is 2. The van der Waals surface area contributed by atoms with Crippen molar-refractivity contribution in [1.29, 1.82) is 0 Å². The van der Waals surface area contributed by atoms with Crippen LogP contribution in [0.25, 0.3) is 11.3 Å². The first-order valence-electron chi connectivity index (χ1n) is 9.51. The molecule has 1 heterocycles. The number of ketones is 2. The van der Waals surface area contributed by atoms with Crippen molar-refractivity contribution >= 4 is 34.8 Å². The summed E-state index contributed by atoms with van der Waals surface area (Å²) in [6, 6.07) is 21.8. The number of hydrogen-bond acceptors (Lipinski definition) is 4. The Morgan fingerprint density at radius 3 is 2.19 bits per heavy atom. The smallest absolute Gasteiger partial charge is 0.291 e. The third kappa shape index (κ3) is 3.35. The van der Waals surface area contributed by atoms with Crippen molar-refractivity contribution < 1.29 is 18.8 Å². The van der Waals surface area contributed by atoms with Gasteiger partial charge in [-0.25, -0.2) is 0 Å². The number of carbonyl (C=O) groups is 3. The van der Waals surface area contributed by atoms with Gasteiger partial charge in [-0.05, 0) is 42.5 Å². The van der Waals surface area contributed by atoms with Crippen molar-refractivity contribution in [2.45, 2.75) is 0 Å². The molecular weight excluding hydrogens is 414 g/mol. The second kappa shape index (κ2) is 7.38. The van der Waals surface area contributed by atoms with E-state index in [0.717, 1.165) is 5.56 Å². The number of furan rings is 1. The molecule has 0 aliphatic heterocycles. The number of rotatable bonds is 3. The summed E-state index contributed by atoms with van der Waals surface area (Å²) in [4.78, 5) is 38.2. The predicted molar refractivity (Wildman–Crippen MR) is 117 cm³/mol. The predicted octanol–water partition coefficient (Wildman–Crippen LogP) is 5.63.